The summed E-state index contributed by atoms with van der Waals surface area (Å²) < 4.78 is 44.6. The molecule has 0 saturated carbocycles. The molecule has 0 aliphatic carbocycles. The molecule has 0 atom stereocenters. The van der Waals surface area contributed by atoms with Crippen molar-refractivity contribution in [2.45, 2.75) is 20.0 Å². The molecule has 50 heavy (non-hydrogen) atoms. The zero-order chi connectivity index (χ0) is 37.0. The van der Waals surface area contributed by atoms with Crippen LogP contribution < -0.4 is 20.7 Å². The molecule has 0 heterocycles. The zero-order valence-corrected chi connectivity index (χ0v) is 30.4. The summed E-state index contributed by atoms with van der Waals surface area (Å²) in [6.45, 7) is 6.50. The van der Waals surface area contributed by atoms with Gasteiger partial charge < -0.3 is 30.5 Å². The molecule has 0 unspecified atom stereocenters. The van der Waals surface area contributed by atoms with Gasteiger partial charge in [0.05, 0.1) is 21.7 Å². The second-order valence-electron chi connectivity index (χ2n) is 11.9. The van der Waals surface area contributed by atoms with Crippen LogP contribution in [0.15, 0.2) is 78.9 Å². The topological polar surface area (TPSA) is 85.9 Å². The lowest BCUT2D eigenvalue weighted by Crippen LogP contribution is -2.22. The van der Waals surface area contributed by atoms with E-state index in [9.17, 15) is 22.8 Å². The molecule has 268 valence electrons. The van der Waals surface area contributed by atoms with Crippen LogP contribution in [0.2, 0.25) is 10.0 Å². The standard InChI is InChI=1S/C19H23ClN2O2.C18H19ClF3N3O/c1-13-6-5-7-17(24-11-10-22(3)4)18(13)19(23)21-15-8-9-16(20)14(2)12-15;1-25(2)10-9-23-16-6-4-3-5-13(16)17(26)24-12-7-8-15(19)14(11-12)18(20,21)22/h5-9,12H,10-11H2,1-4H3,(H,21,23);3-8,11,23H,9-10H2,1-2H3,(H,24,26). The number of carbonyl (C=O) groups excluding carboxylic acids is 2. The number of alkyl halides is 3. The number of rotatable bonds is 12. The Morgan fingerprint density at radius 2 is 1.36 bits per heavy atom. The molecule has 0 saturated heterocycles. The maximum absolute atomic E-state index is 12.9. The van der Waals surface area contributed by atoms with Crippen molar-refractivity contribution in [2.75, 3.05) is 70.4 Å². The molecule has 0 radical (unpaired) electrons. The lowest BCUT2D eigenvalue weighted by Gasteiger charge is -2.16. The van der Waals surface area contributed by atoms with Gasteiger partial charge in [-0.25, -0.2) is 0 Å². The highest BCUT2D eigenvalue weighted by atomic mass is 35.5. The SMILES string of the molecule is CN(C)CCNc1ccccc1C(=O)Nc1ccc(Cl)c(C(F)(F)F)c1.Cc1cc(NC(=O)c2c(C)cccc2OCCN(C)C)ccc1Cl. The molecule has 4 rings (SSSR count). The highest BCUT2D eigenvalue weighted by Gasteiger charge is 2.33. The molecule has 3 N–H and O–H groups in total. The number of hydrogen-bond acceptors (Lipinski definition) is 6. The van der Waals surface area contributed by atoms with Gasteiger partial charge in [0.15, 0.2) is 0 Å². The highest BCUT2D eigenvalue weighted by Crippen LogP contribution is 2.36. The van der Waals surface area contributed by atoms with E-state index in [1.165, 1.54) is 6.07 Å². The molecule has 0 spiro atoms. The van der Waals surface area contributed by atoms with Crippen molar-refractivity contribution in [1.82, 2.24) is 9.80 Å². The Morgan fingerprint density at radius 3 is 2.00 bits per heavy atom. The van der Waals surface area contributed by atoms with Crippen molar-refractivity contribution in [1.29, 1.82) is 0 Å². The van der Waals surface area contributed by atoms with Crippen LogP contribution in [0, 0.1) is 13.8 Å². The Morgan fingerprint density at radius 1 is 0.740 bits per heavy atom. The van der Waals surface area contributed by atoms with Gasteiger partial charge >= 0.3 is 6.18 Å². The van der Waals surface area contributed by atoms with E-state index < -0.39 is 22.7 Å². The number of nitrogens with zero attached hydrogens (tertiary/aromatic N) is 2. The molecule has 13 heteroatoms. The van der Waals surface area contributed by atoms with Gasteiger partial charge in [0.1, 0.15) is 12.4 Å². The number of amides is 2. The molecule has 0 aromatic heterocycles. The molecular formula is C37H42Cl2F3N5O3. The summed E-state index contributed by atoms with van der Waals surface area (Å²) in [5.41, 5.74) is 3.05. The molecule has 2 amide bonds. The number of likely N-dealkylation sites (N-methyl/N-ethyl adjacent to an activating group) is 2. The number of ether oxygens (including phenoxy) is 1. The van der Waals surface area contributed by atoms with Crippen LogP contribution in [0.25, 0.3) is 0 Å². The van der Waals surface area contributed by atoms with E-state index in [0.717, 1.165) is 36.3 Å². The van der Waals surface area contributed by atoms with Crippen LogP contribution in [0.3, 0.4) is 0 Å². The Hall–Kier alpha value is -4.29. The second-order valence-corrected chi connectivity index (χ2v) is 12.8. The molecule has 4 aromatic rings. The summed E-state index contributed by atoms with van der Waals surface area (Å²) in [6.07, 6.45) is -4.59. The van der Waals surface area contributed by atoms with Gasteiger partial charge in [-0.05, 0) is 108 Å². The van der Waals surface area contributed by atoms with Gasteiger partial charge in [0.25, 0.3) is 11.8 Å². The summed E-state index contributed by atoms with van der Waals surface area (Å²) >= 11 is 11.6. The number of aryl methyl sites for hydroxylation is 2. The molecule has 0 bridgehead atoms. The number of para-hydroxylation sites is 1. The minimum Gasteiger partial charge on any atom is -0.491 e. The molecule has 0 aliphatic rings. The summed E-state index contributed by atoms with van der Waals surface area (Å²) in [5, 5.41) is 8.82. The van der Waals surface area contributed by atoms with Gasteiger partial charge in [-0.2, -0.15) is 13.2 Å². The van der Waals surface area contributed by atoms with Crippen molar-refractivity contribution in [3.05, 3.63) is 117 Å². The summed E-state index contributed by atoms with van der Waals surface area (Å²) in [7, 11) is 7.82. The maximum Gasteiger partial charge on any atom is 0.417 e. The Kier molecular flexibility index (Phi) is 15.0. The predicted octanol–water partition coefficient (Wildman–Crippen LogP) is 8.73. The van der Waals surface area contributed by atoms with Gasteiger partial charge in [0, 0.05) is 41.7 Å². The largest absolute Gasteiger partial charge is 0.491 e. The van der Waals surface area contributed by atoms with E-state index >= 15 is 0 Å². The zero-order valence-electron chi connectivity index (χ0n) is 28.8. The van der Waals surface area contributed by atoms with Crippen LogP contribution in [-0.2, 0) is 6.18 Å². The Balaban J connectivity index is 0.000000271. The minimum absolute atomic E-state index is 0.0230. The van der Waals surface area contributed by atoms with Crippen molar-refractivity contribution >= 4 is 52.1 Å². The summed E-state index contributed by atoms with van der Waals surface area (Å²) in [6, 6.07) is 21.1. The maximum atomic E-state index is 12.9. The smallest absolute Gasteiger partial charge is 0.417 e. The van der Waals surface area contributed by atoms with E-state index in [4.69, 9.17) is 27.9 Å². The van der Waals surface area contributed by atoms with Crippen LogP contribution in [0.5, 0.6) is 5.75 Å². The monoisotopic (exact) mass is 731 g/mol. The first-order valence-electron chi connectivity index (χ1n) is 15.7. The van der Waals surface area contributed by atoms with E-state index in [1.807, 2.05) is 76.1 Å². The fraction of sp³-hybridized carbons (Fsp3) is 0.297. The molecule has 0 fully saturated rings. The number of anilines is 3. The average molecular weight is 733 g/mol. The Bertz CT molecular complexity index is 1770. The van der Waals surface area contributed by atoms with E-state index in [2.05, 4.69) is 16.0 Å². The summed E-state index contributed by atoms with van der Waals surface area (Å²) in [4.78, 5) is 29.2. The van der Waals surface area contributed by atoms with E-state index in [0.29, 0.717) is 46.4 Å². The minimum atomic E-state index is -4.59. The normalized spacial score (nSPS) is 11.1. The average Bonchev–Trinajstić information content (AvgIpc) is 3.03. The number of hydrogen-bond donors (Lipinski definition) is 3. The van der Waals surface area contributed by atoms with Crippen molar-refractivity contribution in [3.8, 4) is 5.75 Å². The summed E-state index contributed by atoms with van der Waals surface area (Å²) in [5.74, 6) is -0.0943. The van der Waals surface area contributed by atoms with Crippen LogP contribution >= 0.6 is 23.2 Å². The Labute approximate surface area is 301 Å². The van der Waals surface area contributed by atoms with Gasteiger partial charge in [-0.1, -0.05) is 47.5 Å². The number of halogens is 5. The second kappa shape index (κ2) is 18.6. The lowest BCUT2D eigenvalue weighted by atomic mass is 10.1. The number of nitrogens with one attached hydrogen (secondary N) is 3. The van der Waals surface area contributed by atoms with Crippen LogP contribution in [0.4, 0.5) is 30.2 Å². The third-order valence-corrected chi connectivity index (χ3v) is 8.00. The fourth-order valence-corrected chi connectivity index (χ4v) is 4.92. The first-order chi connectivity index (χ1) is 23.6. The lowest BCUT2D eigenvalue weighted by molar-refractivity contribution is -0.137. The molecule has 0 aliphatic heterocycles. The van der Waals surface area contributed by atoms with Crippen molar-refractivity contribution < 1.29 is 27.5 Å². The van der Waals surface area contributed by atoms with Gasteiger partial charge in [-0.3, -0.25) is 9.59 Å². The molecule has 8 nitrogen and oxygen atoms in total. The van der Waals surface area contributed by atoms with E-state index in [1.54, 1.807) is 36.4 Å². The molecule has 4 aromatic carbocycles. The van der Waals surface area contributed by atoms with Crippen molar-refractivity contribution in [3.63, 3.8) is 0 Å². The quantitative estimate of drug-likeness (QED) is 0.135. The van der Waals surface area contributed by atoms with E-state index in [-0.39, 0.29) is 11.6 Å². The fourth-order valence-electron chi connectivity index (χ4n) is 4.57. The first kappa shape index (κ1) is 40.1. The molecular weight excluding hydrogens is 690 g/mol. The number of benzene rings is 4. The third-order valence-electron chi connectivity index (χ3n) is 7.25. The first-order valence-corrected chi connectivity index (χ1v) is 16.4. The van der Waals surface area contributed by atoms with Crippen LogP contribution in [0.1, 0.15) is 37.4 Å². The van der Waals surface area contributed by atoms with Crippen LogP contribution in [-0.4, -0.2) is 76.0 Å². The predicted molar refractivity (Wildman–Crippen MR) is 197 cm³/mol. The van der Waals surface area contributed by atoms with Gasteiger partial charge in [0.2, 0.25) is 0 Å². The van der Waals surface area contributed by atoms with Gasteiger partial charge in [-0.15, -0.1) is 0 Å². The number of carbonyl (C=O) groups is 2. The third kappa shape index (κ3) is 12.2. The highest BCUT2D eigenvalue weighted by molar-refractivity contribution is 6.31. The van der Waals surface area contributed by atoms with Crippen molar-refractivity contribution in [2.24, 2.45) is 0 Å².